The summed E-state index contributed by atoms with van der Waals surface area (Å²) in [4.78, 5) is 9.17. The molecule has 0 bridgehead atoms. The molecule has 0 N–H and O–H groups in total. The quantitative estimate of drug-likeness (QED) is 0.627. The number of aromatic nitrogens is 3. The number of methoxy groups -OCH3 is 1. The monoisotopic (exact) mass is 414 g/mol. The Morgan fingerprint density at radius 1 is 1.30 bits per heavy atom. The zero-order chi connectivity index (χ0) is 20.2. The van der Waals surface area contributed by atoms with Gasteiger partial charge in [-0.15, -0.1) is 0 Å². The van der Waals surface area contributed by atoms with Gasteiger partial charge in [0.2, 0.25) is 0 Å². The number of fused-ring (bicyclic) bond motifs is 3. The lowest BCUT2D eigenvalue weighted by Gasteiger charge is -2.38. The van der Waals surface area contributed by atoms with Crippen molar-refractivity contribution in [3.63, 3.8) is 0 Å². The van der Waals surface area contributed by atoms with E-state index < -0.39 is 18.6 Å². The molecule has 1 aromatic carbocycles. The molecular weight excluding hydrogens is 390 g/mol. The third kappa shape index (κ3) is 3.13. The maximum atomic E-state index is 14.9. The minimum absolute atomic E-state index is 0. The minimum Gasteiger partial charge on any atom is -0.381 e. The second kappa shape index (κ2) is 7.56. The van der Waals surface area contributed by atoms with Gasteiger partial charge in [-0.25, -0.2) is 13.8 Å². The molecule has 2 aliphatic rings. The molecule has 0 spiro atoms. The van der Waals surface area contributed by atoms with Crippen molar-refractivity contribution in [1.82, 2.24) is 14.5 Å². The predicted octanol–water partition coefficient (Wildman–Crippen LogP) is 4.58. The molecule has 1 aliphatic carbocycles. The smallest absolute Gasteiger partial charge is 0.291 e. The molecule has 3 heterocycles. The topological polar surface area (TPSA) is 73.0 Å². The van der Waals surface area contributed by atoms with Crippen molar-refractivity contribution in [3.8, 4) is 6.07 Å². The highest BCUT2D eigenvalue weighted by atomic mass is 19.3. The maximum Gasteiger partial charge on any atom is 0.291 e. The zero-order valence-electron chi connectivity index (χ0n) is 15.9. The number of benzene rings is 1. The molecule has 1 atom stereocenters. The largest absolute Gasteiger partial charge is 0.381 e. The van der Waals surface area contributed by atoms with E-state index in [2.05, 4.69) is 11.1 Å². The van der Waals surface area contributed by atoms with Gasteiger partial charge in [-0.1, -0.05) is 7.43 Å². The number of nitrogens with zero attached hydrogens (tertiary/aromatic N) is 4. The van der Waals surface area contributed by atoms with Crippen LogP contribution in [0, 0.1) is 11.3 Å². The van der Waals surface area contributed by atoms with Crippen LogP contribution in [-0.4, -0.2) is 46.9 Å². The lowest BCUT2D eigenvalue weighted by atomic mass is 9.81. The maximum absolute atomic E-state index is 14.9. The number of alkyl halides is 2. The number of halogens is 2. The standard InChI is InChI=1S/C21H20F2N4O2.CH4/c1-28-14-7-13(8-14)20-26-17-10-25-16-3-2-12(9-24)6-15(16)19(17)27(20)18-4-5-29-11-21(18,22)23;/h2-3,6,10,13-14,18H,4-5,7-8,11H2,1H3;1H4. The number of nitriles is 1. The SMILES string of the molecule is C.COC1CC(c2nc3cnc4ccc(C#N)cc4c3n2C2CCOCC2(F)F)C1. The van der Waals surface area contributed by atoms with E-state index in [0.29, 0.717) is 33.3 Å². The van der Waals surface area contributed by atoms with Gasteiger partial charge in [0.15, 0.2) is 0 Å². The van der Waals surface area contributed by atoms with Crippen molar-refractivity contribution < 1.29 is 18.3 Å². The van der Waals surface area contributed by atoms with Crippen molar-refractivity contribution in [2.24, 2.45) is 0 Å². The zero-order valence-corrected chi connectivity index (χ0v) is 15.9. The molecule has 30 heavy (non-hydrogen) atoms. The molecule has 1 saturated carbocycles. The van der Waals surface area contributed by atoms with Crippen LogP contribution in [0.3, 0.4) is 0 Å². The Bertz CT molecular complexity index is 1130. The summed E-state index contributed by atoms with van der Waals surface area (Å²) in [6.45, 7) is -0.328. The van der Waals surface area contributed by atoms with Gasteiger partial charge in [-0.3, -0.25) is 4.98 Å². The van der Waals surface area contributed by atoms with Gasteiger partial charge in [0.1, 0.15) is 24.0 Å². The second-order valence-electron chi connectivity index (χ2n) is 7.82. The summed E-state index contributed by atoms with van der Waals surface area (Å²) >= 11 is 0. The summed E-state index contributed by atoms with van der Waals surface area (Å²) in [5.41, 5.74) is 2.31. The van der Waals surface area contributed by atoms with E-state index in [-0.39, 0.29) is 32.5 Å². The van der Waals surface area contributed by atoms with Crippen molar-refractivity contribution >= 4 is 21.9 Å². The van der Waals surface area contributed by atoms with E-state index in [1.807, 2.05) is 0 Å². The summed E-state index contributed by atoms with van der Waals surface area (Å²) < 4.78 is 42.1. The van der Waals surface area contributed by atoms with Crippen LogP contribution in [0.2, 0.25) is 0 Å². The lowest BCUT2D eigenvalue weighted by Crippen LogP contribution is -2.42. The number of hydrogen-bond donors (Lipinski definition) is 0. The first-order valence-corrected chi connectivity index (χ1v) is 9.71. The van der Waals surface area contributed by atoms with Crippen LogP contribution in [0.1, 0.15) is 50.0 Å². The van der Waals surface area contributed by atoms with Crippen LogP contribution in [0.5, 0.6) is 0 Å². The fourth-order valence-corrected chi connectivity index (χ4v) is 4.47. The first-order valence-electron chi connectivity index (χ1n) is 9.71. The molecule has 1 aliphatic heterocycles. The van der Waals surface area contributed by atoms with E-state index in [0.717, 1.165) is 12.8 Å². The van der Waals surface area contributed by atoms with Gasteiger partial charge in [0, 0.05) is 25.0 Å². The molecule has 2 fully saturated rings. The Labute approximate surface area is 173 Å². The first-order chi connectivity index (χ1) is 14.0. The molecule has 5 rings (SSSR count). The Balaban J connectivity index is 0.00000218. The Kier molecular flexibility index (Phi) is 5.20. The average molecular weight is 414 g/mol. The number of hydrogen-bond acceptors (Lipinski definition) is 5. The van der Waals surface area contributed by atoms with Crippen molar-refractivity contribution in [2.75, 3.05) is 20.3 Å². The van der Waals surface area contributed by atoms with Crippen molar-refractivity contribution in [2.45, 2.75) is 50.7 Å². The van der Waals surface area contributed by atoms with Crippen LogP contribution in [0.4, 0.5) is 8.78 Å². The minimum atomic E-state index is -3.01. The number of rotatable bonds is 3. The lowest BCUT2D eigenvalue weighted by molar-refractivity contribution is -0.147. The molecule has 1 unspecified atom stereocenters. The first kappa shape index (κ1) is 20.6. The molecule has 0 radical (unpaired) electrons. The summed E-state index contributed by atoms with van der Waals surface area (Å²) in [5, 5.41) is 10.00. The number of imidazole rings is 1. The molecule has 6 nitrogen and oxygen atoms in total. The van der Waals surface area contributed by atoms with Gasteiger partial charge in [0.05, 0.1) is 35.0 Å². The van der Waals surface area contributed by atoms with Gasteiger partial charge in [0.25, 0.3) is 5.92 Å². The van der Waals surface area contributed by atoms with Crippen LogP contribution in [0.15, 0.2) is 24.4 Å². The van der Waals surface area contributed by atoms with E-state index in [1.165, 1.54) is 0 Å². The Morgan fingerprint density at radius 2 is 2.10 bits per heavy atom. The summed E-state index contributed by atoms with van der Waals surface area (Å²) in [5.74, 6) is -2.30. The fourth-order valence-electron chi connectivity index (χ4n) is 4.47. The van der Waals surface area contributed by atoms with Crippen LogP contribution in [0.25, 0.3) is 21.9 Å². The molecule has 1 saturated heterocycles. The van der Waals surface area contributed by atoms with Crippen LogP contribution < -0.4 is 0 Å². The van der Waals surface area contributed by atoms with E-state index >= 15 is 0 Å². The highest BCUT2D eigenvalue weighted by molar-refractivity contribution is 6.03. The third-order valence-electron chi connectivity index (χ3n) is 6.09. The normalized spacial score (nSPS) is 25.5. The second-order valence-corrected chi connectivity index (χ2v) is 7.82. The van der Waals surface area contributed by atoms with E-state index in [4.69, 9.17) is 14.5 Å². The Morgan fingerprint density at radius 3 is 2.80 bits per heavy atom. The van der Waals surface area contributed by atoms with E-state index in [1.54, 1.807) is 36.1 Å². The van der Waals surface area contributed by atoms with Gasteiger partial charge in [-0.2, -0.15) is 5.26 Å². The van der Waals surface area contributed by atoms with Gasteiger partial charge < -0.3 is 14.0 Å². The number of ether oxygens (including phenoxy) is 2. The molecular formula is C22H24F2N4O2. The summed E-state index contributed by atoms with van der Waals surface area (Å²) in [7, 11) is 1.66. The van der Waals surface area contributed by atoms with Crippen LogP contribution in [-0.2, 0) is 9.47 Å². The average Bonchev–Trinajstić information content (AvgIpc) is 3.05. The van der Waals surface area contributed by atoms with Crippen molar-refractivity contribution in [3.05, 3.63) is 35.8 Å². The van der Waals surface area contributed by atoms with Crippen LogP contribution >= 0.6 is 0 Å². The summed E-state index contributed by atoms with van der Waals surface area (Å²) in [6, 6.07) is 6.21. The number of pyridine rings is 1. The van der Waals surface area contributed by atoms with Gasteiger partial charge in [-0.05, 0) is 37.5 Å². The molecule has 158 valence electrons. The highest BCUT2D eigenvalue weighted by Gasteiger charge is 2.47. The predicted molar refractivity (Wildman–Crippen MR) is 109 cm³/mol. The Hall–Kier alpha value is -2.63. The highest BCUT2D eigenvalue weighted by Crippen LogP contribution is 2.45. The third-order valence-corrected chi connectivity index (χ3v) is 6.09. The molecule has 8 heteroatoms. The van der Waals surface area contributed by atoms with Crippen molar-refractivity contribution in [1.29, 1.82) is 5.26 Å². The summed E-state index contributed by atoms with van der Waals surface area (Å²) in [6.07, 6.45) is 3.47. The molecule has 0 amide bonds. The van der Waals surface area contributed by atoms with Gasteiger partial charge >= 0.3 is 0 Å². The molecule has 2 aromatic heterocycles. The van der Waals surface area contributed by atoms with E-state index in [9.17, 15) is 14.0 Å². The fraction of sp³-hybridized carbons (Fsp3) is 0.500. The molecule has 3 aromatic rings.